The number of hydrogen-bond acceptors (Lipinski definition) is 7. The molecule has 0 atom stereocenters. The third-order valence-electron chi connectivity index (χ3n) is 4.95. The molecule has 1 aliphatic heterocycles. The predicted molar refractivity (Wildman–Crippen MR) is 118 cm³/mol. The Morgan fingerprint density at radius 3 is 2.61 bits per heavy atom. The molecule has 12 heteroatoms. The molecule has 0 bridgehead atoms. The lowest BCUT2D eigenvalue weighted by molar-refractivity contribution is 0.0729. The fourth-order valence-electron chi connectivity index (χ4n) is 3.23. The van der Waals surface area contributed by atoms with E-state index in [0.717, 1.165) is 23.5 Å². The second kappa shape index (κ2) is 9.51. The lowest BCUT2D eigenvalue weighted by Crippen LogP contribution is -2.40. The van der Waals surface area contributed by atoms with E-state index in [1.165, 1.54) is 35.7 Å². The first-order chi connectivity index (χ1) is 15.8. The van der Waals surface area contributed by atoms with Crippen LogP contribution in [-0.2, 0) is 14.8 Å². The highest BCUT2D eigenvalue weighted by molar-refractivity contribution is 7.89. The van der Waals surface area contributed by atoms with E-state index in [2.05, 4.69) is 10.3 Å². The molecule has 33 heavy (non-hydrogen) atoms. The van der Waals surface area contributed by atoms with Gasteiger partial charge in [0.1, 0.15) is 10.6 Å². The summed E-state index contributed by atoms with van der Waals surface area (Å²) >= 11 is 1.09. The Kier molecular flexibility index (Phi) is 6.70. The smallest absolute Gasteiger partial charge is 0.257 e. The zero-order chi connectivity index (χ0) is 23.6. The summed E-state index contributed by atoms with van der Waals surface area (Å²) < 4.78 is 64.6. The minimum Gasteiger partial charge on any atom is -0.495 e. The molecule has 0 spiro atoms. The lowest BCUT2D eigenvalue weighted by atomic mass is 10.2. The van der Waals surface area contributed by atoms with E-state index in [1.807, 2.05) is 0 Å². The molecular weight excluding hydrogens is 476 g/mol. The molecule has 3 aromatic rings. The number of nitrogens with zero attached hydrogens (tertiary/aromatic N) is 2. The van der Waals surface area contributed by atoms with Gasteiger partial charge in [-0.15, -0.1) is 11.3 Å². The molecule has 1 aromatic heterocycles. The number of methoxy groups -OCH3 is 1. The predicted octanol–water partition coefficient (Wildman–Crippen LogP) is 3.37. The fraction of sp³-hybridized carbons (Fsp3) is 0.238. The molecule has 174 valence electrons. The zero-order valence-corrected chi connectivity index (χ0v) is 19.0. The number of rotatable bonds is 6. The number of carbonyl (C=O) groups excluding carboxylic acids is 1. The Morgan fingerprint density at radius 1 is 1.15 bits per heavy atom. The Morgan fingerprint density at radius 2 is 1.91 bits per heavy atom. The molecular formula is C21H19F2N3O5S2. The largest absolute Gasteiger partial charge is 0.495 e. The Bertz CT molecular complexity index is 1290. The highest BCUT2D eigenvalue weighted by Gasteiger charge is 2.30. The zero-order valence-electron chi connectivity index (χ0n) is 17.4. The molecule has 1 saturated heterocycles. The van der Waals surface area contributed by atoms with Crippen molar-refractivity contribution < 1.29 is 31.5 Å². The average molecular weight is 496 g/mol. The number of halogens is 2. The molecule has 0 saturated carbocycles. The van der Waals surface area contributed by atoms with Gasteiger partial charge in [0.25, 0.3) is 5.91 Å². The van der Waals surface area contributed by atoms with Crippen LogP contribution < -0.4 is 10.1 Å². The van der Waals surface area contributed by atoms with Crippen LogP contribution in [0.5, 0.6) is 5.75 Å². The quantitative estimate of drug-likeness (QED) is 0.563. The van der Waals surface area contributed by atoms with Gasteiger partial charge in [-0.05, 0) is 36.4 Å². The molecule has 1 amide bonds. The minimum absolute atomic E-state index is 0.0900. The fourth-order valence-corrected chi connectivity index (χ4v) is 5.54. The molecule has 8 nitrogen and oxygen atoms in total. The number of morpholine rings is 1. The highest BCUT2D eigenvalue weighted by Crippen LogP contribution is 2.30. The van der Waals surface area contributed by atoms with Gasteiger partial charge in [-0.1, -0.05) is 0 Å². The number of thiazole rings is 1. The van der Waals surface area contributed by atoms with E-state index in [1.54, 1.807) is 5.38 Å². The summed E-state index contributed by atoms with van der Waals surface area (Å²) in [5.41, 5.74) is 0.806. The van der Waals surface area contributed by atoms with E-state index in [4.69, 9.17) is 9.47 Å². The summed E-state index contributed by atoms with van der Waals surface area (Å²) in [4.78, 5) is 16.9. The normalized spacial score (nSPS) is 14.8. The summed E-state index contributed by atoms with van der Waals surface area (Å²) in [6.07, 6.45) is 0. The maximum absolute atomic E-state index is 13.5. The number of nitrogens with one attached hydrogen (secondary N) is 1. The van der Waals surface area contributed by atoms with Crippen LogP contribution in [0.25, 0.3) is 11.3 Å². The van der Waals surface area contributed by atoms with Crippen LogP contribution in [0.15, 0.2) is 46.7 Å². The van der Waals surface area contributed by atoms with Crippen LogP contribution in [0.1, 0.15) is 10.4 Å². The molecule has 0 unspecified atom stereocenters. The average Bonchev–Trinajstić information content (AvgIpc) is 3.29. The van der Waals surface area contributed by atoms with Gasteiger partial charge in [-0.3, -0.25) is 10.1 Å². The second-order valence-electron chi connectivity index (χ2n) is 7.00. The number of hydrogen-bond donors (Lipinski definition) is 1. The summed E-state index contributed by atoms with van der Waals surface area (Å²) in [5, 5.41) is 4.41. The number of carbonyl (C=O) groups is 1. The summed E-state index contributed by atoms with van der Waals surface area (Å²) in [7, 11) is -2.55. The molecule has 4 rings (SSSR count). The molecule has 1 aliphatic rings. The Hall–Kier alpha value is -2.93. The van der Waals surface area contributed by atoms with E-state index >= 15 is 0 Å². The van der Waals surface area contributed by atoms with Gasteiger partial charge in [0, 0.05) is 29.6 Å². The standard InChI is InChI=1S/C21H19F2N3O5S2/c1-30-18-5-3-14(11-19(18)33(28,29)26-6-8-31-9-7-26)20(27)25-21-24-17(12-32-21)13-2-4-15(22)16(23)10-13/h2-5,10-12H,6-9H2,1H3,(H,24,25,27). The summed E-state index contributed by atoms with van der Waals surface area (Å²) in [5.74, 6) is -2.43. The first kappa shape index (κ1) is 23.2. The molecule has 1 N–H and O–H groups in total. The molecule has 0 aliphatic carbocycles. The number of benzene rings is 2. The number of anilines is 1. The van der Waals surface area contributed by atoms with Gasteiger partial charge in [-0.2, -0.15) is 4.31 Å². The maximum Gasteiger partial charge on any atom is 0.257 e. The number of ether oxygens (including phenoxy) is 2. The number of amides is 1. The van der Waals surface area contributed by atoms with Crippen LogP contribution in [0.3, 0.4) is 0 Å². The van der Waals surface area contributed by atoms with Crippen LogP contribution >= 0.6 is 11.3 Å². The van der Waals surface area contributed by atoms with Gasteiger partial charge < -0.3 is 9.47 Å². The highest BCUT2D eigenvalue weighted by atomic mass is 32.2. The van der Waals surface area contributed by atoms with Crippen molar-refractivity contribution in [2.75, 3.05) is 38.7 Å². The van der Waals surface area contributed by atoms with Crippen molar-refractivity contribution in [3.8, 4) is 17.0 Å². The first-order valence-electron chi connectivity index (χ1n) is 9.78. The molecule has 2 aromatic carbocycles. The van der Waals surface area contributed by atoms with E-state index in [9.17, 15) is 22.0 Å². The lowest BCUT2D eigenvalue weighted by Gasteiger charge is -2.26. The van der Waals surface area contributed by atoms with Crippen molar-refractivity contribution in [2.45, 2.75) is 4.90 Å². The van der Waals surface area contributed by atoms with E-state index < -0.39 is 27.6 Å². The number of aromatic nitrogens is 1. The maximum atomic E-state index is 13.5. The van der Waals surface area contributed by atoms with Crippen LogP contribution in [0.4, 0.5) is 13.9 Å². The van der Waals surface area contributed by atoms with E-state index in [0.29, 0.717) is 11.3 Å². The van der Waals surface area contributed by atoms with Crippen LogP contribution in [0, 0.1) is 11.6 Å². The Labute approximate surface area is 192 Å². The monoisotopic (exact) mass is 495 g/mol. The van der Waals surface area contributed by atoms with Gasteiger partial charge in [0.15, 0.2) is 16.8 Å². The molecule has 2 heterocycles. The Balaban J connectivity index is 1.57. The van der Waals surface area contributed by atoms with Gasteiger partial charge in [-0.25, -0.2) is 22.2 Å². The van der Waals surface area contributed by atoms with Crippen LogP contribution in [-0.4, -0.2) is 57.0 Å². The van der Waals surface area contributed by atoms with Crippen molar-refractivity contribution in [1.82, 2.24) is 9.29 Å². The van der Waals surface area contributed by atoms with E-state index in [-0.39, 0.29) is 47.6 Å². The molecule has 1 fully saturated rings. The van der Waals surface area contributed by atoms with Crippen molar-refractivity contribution in [3.05, 3.63) is 59.0 Å². The van der Waals surface area contributed by atoms with Gasteiger partial charge >= 0.3 is 0 Å². The topological polar surface area (TPSA) is 97.8 Å². The van der Waals surface area contributed by atoms with Gasteiger partial charge in [0.05, 0.1) is 26.0 Å². The third-order valence-corrected chi connectivity index (χ3v) is 7.63. The van der Waals surface area contributed by atoms with Crippen LogP contribution in [0.2, 0.25) is 0 Å². The summed E-state index contributed by atoms with van der Waals surface area (Å²) in [6, 6.07) is 7.50. The van der Waals surface area contributed by atoms with Crippen molar-refractivity contribution in [3.63, 3.8) is 0 Å². The first-order valence-corrected chi connectivity index (χ1v) is 12.1. The molecule has 0 radical (unpaired) electrons. The SMILES string of the molecule is COc1ccc(C(=O)Nc2nc(-c3ccc(F)c(F)c3)cs2)cc1S(=O)(=O)N1CCOCC1. The minimum atomic E-state index is -3.90. The van der Waals surface area contributed by atoms with Gasteiger partial charge in [0.2, 0.25) is 10.0 Å². The number of sulfonamides is 1. The van der Waals surface area contributed by atoms with Crippen molar-refractivity contribution in [2.24, 2.45) is 0 Å². The second-order valence-corrected chi connectivity index (χ2v) is 9.77. The third kappa shape index (κ3) is 4.88. The van der Waals surface area contributed by atoms with Crippen molar-refractivity contribution in [1.29, 1.82) is 0 Å². The summed E-state index contributed by atoms with van der Waals surface area (Å²) in [6.45, 7) is 0.972. The van der Waals surface area contributed by atoms with Crippen molar-refractivity contribution >= 4 is 32.4 Å².